The average Bonchev–Trinajstić information content (AvgIpc) is 2.80. The molecule has 7 nitrogen and oxygen atoms in total. The molecule has 36 heavy (non-hydrogen) atoms. The summed E-state index contributed by atoms with van der Waals surface area (Å²) in [6, 6.07) is 8.97. The van der Waals surface area contributed by atoms with Gasteiger partial charge >= 0.3 is 0 Å². The van der Waals surface area contributed by atoms with Crippen LogP contribution in [0, 0.1) is 6.92 Å². The fraction of sp³-hybridized carbons (Fsp3) is 0.440. The van der Waals surface area contributed by atoms with E-state index in [1.807, 2.05) is 6.92 Å². The smallest absolute Gasteiger partial charge is 0.244 e. The van der Waals surface area contributed by atoms with E-state index in [4.69, 9.17) is 34.8 Å². The number of benzene rings is 2. The van der Waals surface area contributed by atoms with Crippen LogP contribution in [0.3, 0.4) is 0 Å². The van der Waals surface area contributed by atoms with Gasteiger partial charge in [0.2, 0.25) is 21.8 Å². The molecule has 0 fully saturated rings. The molecule has 0 aliphatic heterocycles. The van der Waals surface area contributed by atoms with Crippen molar-refractivity contribution in [1.82, 2.24) is 10.2 Å². The van der Waals surface area contributed by atoms with Crippen molar-refractivity contribution < 1.29 is 18.0 Å². The number of nitrogens with one attached hydrogen (secondary N) is 1. The van der Waals surface area contributed by atoms with Gasteiger partial charge in [-0.1, -0.05) is 67.2 Å². The lowest BCUT2D eigenvalue weighted by Gasteiger charge is -2.33. The van der Waals surface area contributed by atoms with Crippen molar-refractivity contribution in [3.8, 4) is 0 Å². The average molecular weight is 577 g/mol. The largest absolute Gasteiger partial charge is 0.354 e. The van der Waals surface area contributed by atoms with Gasteiger partial charge in [-0.15, -0.1) is 0 Å². The van der Waals surface area contributed by atoms with Crippen molar-refractivity contribution in [3.63, 3.8) is 0 Å². The van der Waals surface area contributed by atoms with Crippen molar-refractivity contribution >= 4 is 62.3 Å². The summed E-state index contributed by atoms with van der Waals surface area (Å²) in [5.74, 6) is -0.840. The molecule has 0 aromatic heterocycles. The van der Waals surface area contributed by atoms with Crippen molar-refractivity contribution in [2.75, 3.05) is 23.7 Å². The second kappa shape index (κ2) is 13.5. The van der Waals surface area contributed by atoms with E-state index in [0.29, 0.717) is 44.8 Å². The topological polar surface area (TPSA) is 86.8 Å². The van der Waals surface area contributed by atoms with Gasteiger partial charge in [0.1, 0.15) is 12.6 Å². The molecule has 11 heteroatoms. The minimum absolute atomic E-state index is 0.0432. The summed E-state index contributed by atoms with van der Waals surface area (Å²) < 4.78 is 26.5. The Hall–Kier alpha value is -2.00. The van der Waals surface area contributed by atoms with Crippen molar-refractivity contribution in [2.45, 2.75) is 52.6 Å². The number of hydrogen-bond acceptors (Lipinski definition) is 4. The van der Waals surface area contributed by atoms with E-state index in [1.165, 1.54) is 11.0 Å². The molecule has 0 spiro atoms. The Bertz CT molecular complexity index is 1190. The first kappa shape index (κ1) is 30.2. The van der Waals surface area contributed by atoms with E-state index in [2.05, 4.69) is 5.32 Å². The molecule has 0 radical (unpaired) electrons. The van der Waals surface area contributed by atoms with Crippen LogP contribution in [-0.2, 0) is 26.2 Å². The van der Waals surface area contributed by atoms with E-state index in [0.717, 1.165) is 23.4 Å². The van der Waals surface area contributed by atoms with Crippen molar-refractivity contribution in [3.05, 3.63) is 62.6 Å². The van der Waals surface area contributed by atoms with E-state index in [9.17, 15) is 18.0 Å². The second-order valence-corrected chi connectivity index (χ2v) is 11.7. The lowest BCUT2D eigenvalue weighted by atomic mass is 10.1. The number of amides is 2. The minimum Gasteiger partial charge on any atom is -0.354 e. The van der Waals surface area contributed by atoms with Gasteiger partial charge in [0, 0.05) is 18.1 Å². The van der Waals surface area contributed by atoms with Crippen LogP contribution in [0.15, 0.2) is 36.4 Å². The highest BCUT2D eigenvalue weighted by Gasteiger charge is 2.32. The Morgan fingerprint density at radius 3 is 2.31 bits per heavy atom. The molecular formula is C25H32Cl3N3O4S. The molecule has 2 aromatic rings. The van der Waals surface area contributed by atoms with Crippen LogP contribution in [-0.4, -0.2) is 50.5 Å². The number of carbonyl (C=O) groups excluding carboxylic acids is 2. The van der Waals surface area contributed by atoms with Crippen molar-refractivity contribution in [1.29, 1.82) is 0 Å². The highest BCUT2D eigenvalue weighted by molar-refractivity contribution is 7.92. The number of aryl methyl sites for hydroxylation is 1. The van der Waals surface area contributed by atoms with Gasteiger partial charge in [-0.05, 0) is 55.2 Å². The molecule has 1 atom stereocenters. The Kier molecular flexibility index (Phi) is 11.3. The molecule has 0 saturated carbocycles. The summed E-state index contributed by atoms with van der Waals surface area (Å²) in [7, 11) is -3.85. The Morgan fingerprint density at radius 1 is 1.03 bits per heavy atom. The van der Waals surface area contributed by atoms with E-state index in [1.54, 1.807) is 44.2 Å². The van der Waals surface area contributed by atoms with E-state index < -0.39 is 28.5 Å². The molecule has 198 valence electrons. The molecule has 0 heterocycles. The quantitative estimate of drug-likeness (QED) is 0.341. The van der Waals surface area contributed by atoms with Gasteiger partial charge < -0.3 is 10.2 Å². The predicted octanol–water partition coefficient (Wildman–Crippen LogP) is 5.44. The molecular weight excluding hydrogens is 545 g/mol. The van der Waals surface area contributed by atoms with Crippen LogP contribution in [0.1, 0.15) is 44.2 Å². The highest BCUT2D eigenvalue weighted by Crippen LogP contribution is 2.28. The Labute approximate surface area is 228 Å². The van der Waals surface area contributed by atoms with Gasteiger partial charge in [-0.3, -0.25) is 13.9 Å². The number of unbranched alkanes of at least 4 members (excludes halogenated alkanes) is 1. The summed E-state index contributed by atoms with van der Waals surface area (Å²) in [6.07, 6.45) is 3.07. The second-order valence-electron chi connectivity index (χ2n) is 8.54. The van der Waals surface area contributed by atoms with Gasteiger partial charge in [0.05, 0.1) is 22.0 Å². The van der Waals surface area contributed by atoms with Gasteiger partial charge in [-0.2, -0.15) is 0 Å². The Balaban J connectivity index is 2.47. The fourth-order valence-electron chi connectivity index (χ4n) is 3.71. The molecule has 0 aliphatic carbocycles. The number of nitrogens with zero attached hydrogens (tertiary/aromatic N) is 2. The summed E-state index contributed by atoms with van der Waals surface area (Å²) >= 11 is 18.4. The zero-order valence-electron chi connectivity index (χ0n) is 20.9. The lowest BCUT2D eigenvalue weighted by molar-refractivity contribution is -0.140. The van der Waals surface area contributed by atoms with Gasteiger partial charge in [0.25, 0.3) is 0 Å². The first-order valence-corrected chi connectivity index (χ1v) is 14.6. The SMILES string of the molecule is CCCCNC(=O)[C@H](CC)N(Cc1ccc(Cl)c(Cl)c1)C(=O)CN(c1cc(Cl)ccc1C)S(C)(=O)=O. The molecule has 2 aromatic carbocycles. The standard InChI is InChI=1S/C25H32Cl3N3O4S/c1-5-7-12-29-25(33)22(6-2)30(15-18-9-11-20(27)21(28)13-18)24(32)16-31(36(4,34)35)23-14-19(26)10-8-17(23)3/h8-11,13-14,22H,5-7,12,15-16H2,1-4H3,(H,29,33)/t22-/m0/s1. The Morgan fingerprint density at radius 2 is 1.72 bits per heavy atom. The fourth-order valence-corrected chi connectivity index (χ4v) is 5.09. The third kappa shape index (κ3) is 8.26. The number of hydrogen-bond donors (Lipinski definition) is 1. The molecule has 0 aliphatic rings. The van der Waals surface area contributed by atoms with Crippen LogP contribution in [0.5, 0.6) is 0 Å². The molecule has 0 unspecified atom stereocenters. The first-order valence-electron chi connectivity index (χ1n) is 11.6. The van der Waals surface area contributed by atoms with E-state index in [-0.39, 0.29) is 12.5 Å². The maximum absolute atomic E-state index is 13.7. The lowest BCUT2D eigenvalue weighted by Crippen LogP contribution is -2.52. The number of anilines is 1. The third-order valence-corrected chi connectivity index (χ3v) is 7.77. The molecule has 2 amide bonds. The summed E-state index contributed by atoms with van der Waals surface area (Å²) in [4.78, 5) is 28.2. The third-order valence-electron chi connectivity index (χ3n) is 5.67. The maximum Gasteiger partial charge on any atom is 0.244 e. The normalized spacial score (nSPS) is 12.2. The van der Waals surface area contributed by atoms with Crippen molar-refractivity contribution in [2.24, 2.45) is 0 Å². The molecule has 0 bridgehead atoms. The molecule has 2 rings (SSSR count). The van der Waals surface area contributed by atoms with Crippen LogP contribution >= 0.6 is 34.8 Å². The number of sulfonamides is 1. The number of carbonyl (C=O) groups is 2. The zero-order chi connectivity index (χ0) is 27.0. The zero-order valence-corrected chi connectivity index (χ0v) is 23.9. The summed E-state index contributed by atoms with van der Waals surface area (Å²) in [5, 5.41) is 3.90. The van der Waals surface area contributed by atoms with Crippen LogP contribution in [0.4, 0.5) is 5.69 Å². The first-order chi connectivity index (χ1) is 16.9. The van der Waals surface area contributed by atoms with E-state index >= 15 is 0 Å². The molecule has 0 saturated heterocycles. The van der Waals surface area contributed by atoms with Gasteiger partial charge in [0.15, 0.2) is 0 Å². The summed E-state index contributed by atoms with van der Waals surface area (Å²) in [5.41, 5.74) is 1.59. The van der Waals surface area contributed by atoms with Crippen LogP contribution in [0.2, 0.25) is 15.1 Å². The van der Waals surface area contributed by atoms with Gasteiger partial charge in [-0.25, -0.2) is 8.42 Å². The monoisotopic (exact) mass is 575 g/mol. The minimum atomic E-state index is -3.85. The number of halogens is 3. The predicted molar refractivity (Wildman–Crippen MR) is 147 cm³/mol. The summed E-state index contributed by atoms with van der Waals surface area (Å²) in [6.45, 7) is 5.58. The highest BCUT2D eigenvalue weighted by atomic mass is 35.5. The van der Waals surface area contributed by atoms with Crippen LogP contribution < -0.4 is 9.62 Å². The number of rotatable bonds is 12. The molecule has 1 N–H and O–H groups in total. The van der Waals surface area contributed by atoms with Crippen LogP contribution in [0.25, 0.3) is 0 Å². The maximum atomic E-state index is 13.7.